The van der Waals surface area contributed by atoms with Crippen LogP contribution in [0.3, 0.4) is 0 Å². The Morgan fingerprint density at radius 1 is 1.19 bits per heavy atom. The number of piperidine rings is 3. The first-order chi connectivity index (χ1) is 13.2. The first-order valence-corrected chi connectivity index (χ1v) is 10.3. The Kier molecular flexibility index (Phi) is 4.52. The van der Waals surface area contributed by atoms with Crippen molar-refractivity contribution in [3.05, 3.63) is 41.5 Å². The Balaban J connectivity index is 1.32. The summed E-state index contributed by atoms with van der Waals surface area (Å²) in [6.07, 6.45) is 5.51. The van der Waals surface area contributed by atoms with Gasteiger partial charge in [0.15, 0.2) is 0 Å². The number of fused-ring (bicyclic) bond motifs is 4. The molecule has 3 aliphatic rings. The van der Waals surface area contributed by atoms with Crippen molar-refractivity contribution in [2.75, 3.05) is 26.2 Å². The minimum Gasteiger partial charge on any atom is -0.441 e. The zero-order valence-corrected chi connectivity index (χ0v) is 16.0. The van der Waals surface area contributed by atoms with Crippen LogP contribution >= 0.6 is 0 Å². The van der Waals surface area contributed by atoms with Crippen LogP contribution in [0.4, 0.5) is 4.39 Å². The number of rotatable bonds is 3. The Labute approximate surface area is 160 Å². The summed E-state index contributed by atoms with van der Waals surface area (Å²) in [7, 11) is 0. The van der Waals surface area contributed by atoms with Crippen molar-refractivity contribution in [1.82, 2.24) is 14.8 Å². The monoisotopic (exact) mass is 369 g/mol. The minimum atomic E-state index is -0.282. The van der Waals surface area contributed by atoms with Crippen LogP contribution in [0.1, 0.15) is 37.1 Å². The van der Waals surface area contributed by atoms with Gasteiger partial charge in [0.05, 0.1) is 11.3 Å². The van der Waals surface area contributed by atoms with Gasteiger partial charge in [0.1, 0.15) is 11.6 Å². The summed E-state index contributed by atoms with van der Waals surface area (Å²) in [6.45, 7) is 7.60. The molecule has 0 saturated carbocycles. The van der Waals surface area contributed by atoms with Gasteiger partial charge in [-0.3, -0.25) is 9.80 Å². The minimum absolute atomic E-state index is 0.282. The summed E-state index contributed by atoms with van der Waals surface area (Å²) in [5.74, 6) is 2.49. The lowest BCUT2D eigenvalue weighted by molar-refractivity contribution is -0.0328. The summed E-state index contributed by atoms with van der Waals surface area (Å²) in [5.41, 5.74) is 1.40. The molecule has 2 aromatic rings. The van der Waals surface area contributed by atoms with Crippen LogP contribution < -0.4 is 0 Å². The van der Waals surface area contributed by atoms with E-state index in [2.05, 4.69) is 14.8 Å². The molecule has 0 N–H and O–H groups in total. The van der Waals surface area contributed by atoms with Gasteiger partial charge in [-0.25, -0.2) is 9.37 Å². The maximum Gasteiger partial charge on any atom is 0.229 e. The molecule has 0 aliphatic carbocycles. The third-order valence-electron chi connectivity index (χ3n) is 6.72. The number of oxazole rings is 1. The van der Waals surface area contributed by atoms with Crippen LogP contribution in [0, 0.1) is 24.6 Å². The molecule has 0 unspecified atom stereocenters. The normalized spacial score (nSPS) is 28.9. The van der Waals surface area contributed by atoms with E-state index in [0.29, 0.717) is 11.5 Å². The van der Waals surface area contributed by atoms with Crippen LogP contribution in [0.2, 0.25) is 0 Å². The quantitative estimate of drug-likeness (QED) is 0.816. The molecule has 3 aliphatic heterocycles. The van der Waals surface area contributed by atoms with Gasteiger partial charge in [0.25, 0.3) is 0 Å². The molecule has 144 valence electrons. The van der Waals surface area contributed by atoms with Crippen LogP contribution in [-0.4, -0.2) is 47.0 Å². The number of benzene rings is 1. The second kappa shape index (κ2) is 7.02. The Hall–Kier alpha value is -1.72. The van der Waals surface area contributed by atoms with Gasteiger partial charge in [0.2, 0.25) is 5.89 Å². The second-order valence-electron chi connectivity index (χ2n) is 8.62. The number of aromatic nitrogens is 1. The molecule has 3 atom stereocenters. The summed E-state index contributed by atoms with van der Waals surface area (Å²) < 4.78 is 19.9. The zero-order chi connectivity index (χ0) is 18.4. The highest BCUT2D eigenvalue weighted by atomic mass is 19.1. The average molecular weight is 369 g/mol. The fourth-order valence-corrected chi connectivity index (χ4v) is 5.53. The SMILES string of the molecule is Cc1oc(-c2ccccc2F)nc1CN1C[C@@H]2C[C@H](C1)[C@@H]1CCCCN1C2. The van der Waals surface area contributed by atoms with Gasteiger partial charge >= 0.3 is 0 Å². The van der Waals surface area contributed by atoms with E-state index < -0.39 is 0 Å². The number of hydrogen-bond acceptors (Lipinski definition) is 4. The zero-order valence-electron chi connectivity index (χ0n) is 16.0. The molecular formula is C22H28FN3O. The first kappa shape index (κ1) is 17.4. The molecule has 4 nitrogen and oxygen atoms in total. The summed E-state index contributed by atoms with van der Waals surface area (Å²) >= 11 is 0. The molecule has 0 radical (unpaired) electrons. The molecule has 0 spiro atoms. The molecule has 1 aromatic carbocycles. The van der Waals surface area contributed by atoms with Gasteiger partial charge in [-0.2, -0.15) is 0 Å². The highest BCUT2D eigenvalue weighted by Crippen LogP contribution is 2.38. The highest BCUT2D eigenvalue weighted by molar-refractivity contribution is 5.54. The smallest absolute Gasteiger partial charge is 0.229 e. The largest absolute Gasteiger partial charge is 0.441 e. The van der Waals surface area contributed by atoms with Crippen molar-refractivity contribution < 1.29 is 8.81 Å². The number of likely N-dealkylation sites (tertiary alicyclic amines) is 1. The highest BCUT2D eigenvalue weighted by Gasteiger charge is 2.41. The molecule has 1 aromatic heterocycles. The standard InChI is InChI=1S/C22H28FN3O/c1-15-20(24-22(27-15)18-6-2-3-7-19(18)23)14-25-11-16-10-17(13-25)21-8-4-5-9-26(21)12-16/h2-3,6-7,16-17,21H,4-5,8-14H2,1H3/t16-,17+,21-/m0/s1. The predicted octanol–water partition coefficient (Wildman–Crippen LogP) is 4.10. The molecule has 5 rings (SSSR count). The van der Waals surface area contributed by atoms with Gasteiger partial charge < -0.3 is 4.42 Å². The molecule has 3 fully saturated rings. The number of nitrogens with zero attached hydrogens (tertiary/aromatic N) is 3. The second-order valence-corrected chi connectivity index (χ2v) is 8.62. The van der Waals surface area contributed by atoms with Gasteiger partial charge in [-0.1, -0.05) is 18.6 Å². The van der Waals surface area contributed by atoms with Crippen molar-refractivity contribution in [3.8, 4) is 11.5 Å². The number of aryl methyl sites for hydroxylation is 1. The van der Waals surface area contributed by atoms with E-state index in [-0.39, 0.29) is 5.82 Å². The maximum atomic E-state index is 14.1. The summed E-state index contributed by atoms with van der Waals surface area (Å²) in [6, 6.07) is 7.48. The fourth-order valence-electron chi connectivity index (χ4n) is 5.53. The molecule has 27 heavy (non-hydrogen) atoms. The first-order valence-electron chi connectivity index (χ1n) is 10.3. The molecular weight excluding hydrogens is 341 g/mol. The van der Waals surface area contributed by atoms with Crippen molar-refractivity contribution >= 4 is 0 Å². The summed E-state index contributed by atoms with van der Waals surface area (Å²) in [5, 5.41) is 0. The predicted molar refractivity (Wildman–Crippen MR) is 103 cm³/mol. The summed E-state index contributed by atoms with van der Waals surface area (Å²) in [4.78, 5) is 9.97. The molecule has 3 saturated heterocycles. The van der Waals surface area contributed by atoms with Crippen molar-refractivity contribution in [3.63, 3.8) is 0 Å². The van der Waals surface area contributed by atoms with Gasteiger partial charge in [-0.05, 0) is 56.7 Å². The van der Waals surface area contributed by atoms with E-state index in [9.17, 15) is 4.39 Å². The number of hydrogen-bond donors (Lipinski definition) is 0. The van der Waals surface area contributed by atoms with Gasteiger partial charge in [0, 0.05) is 32.2 Å². The van der Waals surface area contributed by atoms with Crippen molar-refractivity contribution in [1.29, 1.82) is 0 Å². The molecule has 2 bridgehead atoms. The van der Waals surface area contributed by atoms with Crippen LogP contribution in [-0.2, 0) is 6.54 Å². The van der Waals surface area contributed by atoms with Crippen molar-refractivity contribution in [2.24, 2.45) is 11.8 Å². The van der Waals surface area contributed by atoms with E-state index in [0.717, 1.165) is 49.0 Å². The fraction of sp³-hybridized carbons (Fsp3) is 0.591. The van der Waals surface area contributed by atoms with E-state index >= 15 is 0 Å². The number of halogens is 1. The topological polar surface area (TPSA) is 32.5 Å². The van der Waals surface area contributed by atoms with Crippen LogP contribution in [0.5, 0.6) is 0 Å². The van der Waals surface area contributed by atoms with E-state index in [1.165, 1.54) is 44.8 Å². The third-order valence-corrected chi connectivity index (χ3v) is 6.72. The lowest BCUT2D eigenvalue weighted by Gasteiger charge is -2.52. The van der Waals surface area contributed by atoms with E-state index in [1.807, 2.05) is 13.0 Å². The van der Waals surface area contributed by atoms with Gasteiger partial charge in [-0.15, -0.1) is 0 Å². The van der Waals surface area contributed by atoms with Crippen LogP contribution in [0.25, 0.3) is 11.5 Å². The van der Waals surface area contributed by atoms with Crippen molar-refractivity contribution in [2.45, 2.75) is 45.2 Å². The maximum absolute atomic E-state index is 14.1. The Morgan fingerprint density at radius 2 is 2.07 bits per heavy atom. The average Bonchev–Trinajstić information content (AvgIpc) is 3.02. The van der Waals surface area contributed by atoms with Crippen LogP contribution in [0.15, 0.2) is 28.7 Å². The lowest BCUT2D eigenvalue weighted by atomic mass is 9.76. The van der Waals surface area contributed by atoms with E-state index in [1.54, 1.807) is 12.1 Å². The Bertz CT molecular complexity index is 820. The third kappa shape index (κ3) is 3.32. The molecule has 4 heterocycles. The Morgan fingerprint density at radius 3 is 2.96 bits per heavy atom. The van der Waals surface area contributed by atoms with E-state index in [4.69, 9.17) is 4.42 Å². The molecule has 0 amide bonds. The lowest BCUT2D eigenvalue weighted by Crippen LogP contribution is -2.58. The molecule has 5 heteroatoms.